The van der Waals surface area contributed by atoms with E-state index in [0.717, 1.165) is 0 Å². The maximum absolute atomic E-state index is 11.3. The van der Waals surface area contributed by atoms with Crippen molar-refractivity contribution in [2.24, 2.45) is 0 Å². The van der Waals surface area contributed by atoms with E-state index < -0.39 is 11.7 Å². The molecule has 0 fully saturated rings. The van der Waals surface area contributed by atoms with Gasteiger partial charge in [0, 0.05) is 0 Å². The molecule has 0 heterocycles. The Balaban J connectivity index is 3.82. The third-order valence-electron chi connectivity index (χ3n) is 1.59. The number of esters is 1. The maximum Gasteiger partial charge on any atom is 0.408 e. The van der Waals surface area contributed by atoms with Gasteiger partial charge in [-0.05, 0) is 34.6 Å². The highest BCUT2D eigenvalue weighted by atomic mass is 16.6. The van der Waals surface area contributed by atoms with Gasteiger partial charge in [0.2, 0.25) is 0 Å². The van der Waals surface area contributed by atoms with Gasteiger partial charge in [-0.3, -0.25) is 10.1 Å². The van der Waals surface area contributed by atoms with E-state index in [1.165, 1.54) is 0 Å². The van der Waals surface area contributed by atoms with E-state index in [0.29, 0.717) is 6.61 Å². The fraction of sp³-hybridized carbons (Fsp3) is 0.818. The van der Waals surface area contributed by atoms with Crippen molar-refractivity contribution in [2.75, 3.05) is 13.2 Å². The van der Waals surface area contributed by atoms with Gasteiger partial charge in [-0.2, -0.15) is 0 Å². The lowest BCUT2D eigenvalue weighted by Crippen LogP contribution is -2.46. The molecule has 0 aliphatic heterocycles. The number of rotatable bonds is 5. The molecule has 0 aromatic rings. The Bertz CT molecular complexity index is 261. The van der Waals surface area contributed by atoms with Gasteiger partial charge in [-0.1, -0.05) is 0 Å². The third-order valence-corrected chi connectivity index (χ3v) is 1.59. The van der Waals surface area contributed by atoms with E-state index >= 15 is 0 Å². The molecular formula is C11H22N2O4. The van der Waals surface area contributed by atoms with Crippen molar-refractivity contribution in [3.63, 3.8) is 0 Å². The quantitative estimate of drug-likeness (QED) is 0.559. The van der Waals surface area contributed by atoms with Crippen LogP contribution in [0.2, 0.25) is 0 Å². The zero-order chi connectivity index (χ0) is 13.5. The van der Waals surface area contributed by atoms with Crippen molar-refractivity contribution in [3.8, 4) is 0 Å². The summed E-state index contributed by atoms with van der Waals surface area (Å²) in [5.74, 6) is -0.356. The molecule has 0 saturated heterocycles. The monoisotopic (exact) mass is 246 g/mol. The van der Waals surface area contributed by atoms with Gasteiger partial charge in [0.1, 0.15) is 5.60 Å². The first-order valence-electron chi connectivity index (χ1n) is 5.63. The standard InChI is InChI=1S/C11H22N2O4/c1-6-16-9(14)7-12-8(2)13-10(15)17-11(3,4)5/h8,12H,6-7H2,1-5H3,(H,13,15). The number of carbonyl (C=O) groups excluding carboxylic acids is 2. The largest absolute Gasteiger partial charge is 0.465 e. The fourth-order valence-corrected chi connectivity index (χ4v) is 0.984. The van der Waals surface area contributed by atoms with Gasteiger partial charge in [-0.15, -0.1) is 0 Å². The Hall–Kier alpha value is -1.30. The SMILES string of the molecule is CCOC(=O)CNC(C)NC(=O)OC(C)(C)C. The van der Waals surface area contributed by atoms with E-state index in [4.69, 9.17) is 9.47 Å². The lowest BCUT2D eigenvalue weighted by atomic mass is 10.2. The van der Waals surface area contributed by atoms with Crippen LogP contribution >= 0.6 is 0 Å². The number of hydrogen-bond acceptors (Lipinski definition) is 5. The molecule has 2 N–H and O–H groups in total. The Kier molecular flexibility index (Phi) is 6.57. The van der Waals surface area contributed by atoms with Crippen LogP contribution in [0.15, 0.2) is 0 Å². The molecule has 1 amide bonds. The van der Waals surface area contributed by atoms with Gasteiger partial charge in [0.25, 0.3) is 0 Å². The number of ether oxygens (including phenoxy) is 2. The molecule has 100 valence electrons. The Morgan fingerprint density at radius 1 is 1.29 bits per heavy atom. The lowest BCUT2D eigenvalue weighted by molar-refractivity contribution is -0.142. The predicted molar refractivity (Wildman–Crippen MR) is 63.5 cm³/mol. The zero-order valence-electron chi connectivity index (χ0n) is 11.1. The van der Waals surface area contributed by atoms with Crippen molar-refractivity contribution in [2.45, 2.75) is 46.4 Å². The van der Waals surface area contributed by atoms with E-state index in [1.54, 1.807) is 34.6 Å². The van der Waals surface area contributed by atoms with Crippen LogP contribution < -0.4 is 10.6 Å². The molecule has 1 atom stereocenters. The second-order valence-corrected chi connectivity index (χ2v) is 4.55. The topological polar surface area (TPSA) is 76.7 Å². The molecule has 0 aromatic carbocycles. The number of hydrogen-bond donors (Lipinski definition) is 2. The highest BCUT2D eigenvalue weighted by molar-refractivity contribution is 5.72. The van der Waals surface area contributed by atoms with Crippen molar-refractivity contribution < 1.29 is 19.1 Å². The second-order valence-electron chi connectivity index (χ2n) is 4.55. The van der Waals surface area contributed by atoms with Gasteiger partial charge in [-0.25, -0.2) is 4.79 Å². The third kappa shape index (κ3) is 9.62. The van der Waals surface area contributed by atoms with Crippen molar-refractivity contribution >= 4 is 12.1 Å². The Morgan fingerprint density at radius 2 is 1.88 bits per heavy atom. The van der Waals surface area contributed by atoms with Crippen LogP contribution in [0.25, 0.3) is 0 Å². The summed E-state index contributed by atoms with van der Waals surface area (Å²) in [6.45, 7) is 9.18. The Labute approximate surface area is 102 Å². The van der Waals surface area contributed by atoms with Crippen LogP contribution in [0.1, 0.15) is 34.6 Å². The highest BCUT2D eigenvalue weighted by Gasteiger charge is 2.17. The first-order chi connectivity index (χ1) is 7.74. The second kappa shape index (κ2) is 7.11. The molecule has 0 rings (SSSR count). The van der Waals surface area contributed by atoms with E-state index in [1.807, 2.05) is 0 Å². The average Bonchev–Trinajstić information content (AvgIpc) is 2.12. The molecule has 0 bridgehead atoms. The number of amides is 1. The van der Waals surface area contributed by atoms with Crippen LogP contribution in [-0.4, -0.2) is 37.0 Å². The summed E-state index contributed by atoms with van der Waals surface area (Å²) < 4.78 is 9.79. The van der Waals surface area contributed by atoms with Crippen molar-refractivity contribution in [1.29, 1.82) is 0 Å². The maximum atomic E-state index is 11.3. The summed E-state index contributed by atoms with van der Waals surface area (Å²) in [7, 11) is 0. The average molecular weight is 246 g/mol. The van der Waals surface area contributed by atoms with Gasteiger partial charge >= 0.3 is 12.1 Å². The van der Waals surface area contributed by atoms with Gasteiger partial charge < -0.3 is 14.8 Å². The smallest absolute Gasteiger partial charge is 0.408 e. The minimum Gasteiger partial charge on any atom is -0.465 e. The number of carbonyl (C=O) groups is 2. The van der Waals surface area contributed by atoms with Gasteiger partial charge in [0.15, 0.2) is 0 Å². The Morgan fingerprint density at radius 3 is 2.35 bits per heavy atom. The normalized spacial score (nSPS) is 12.8. The first kappa shape index (κ1) is 15.7. The molecule has 6 nitrogen and oxygen atoms in total. The number of nitrogens with one attached hydrogen (secondary N) is 2. The summed E-state index contributed by atoms with van der Waals surface area (Å²) in [5, 5.41) is 5.35. The zero-order valence-corrected chi connectivity index (χ0v) is 11.1. The summed E-state index contributed by atoms with van der Waals surface area (Å²) in [4.78, 5) is 22.4. The van der Waals surface area contributed by atoms with E-state index in [9.17, 15) is 9.59 Å². The summed E-state index contributed by atoms with van der Waals surface area (Å²) >= 11 is 0. The summed E-state index contributed by atoms with van der Waals surface area (Å²) in [5.41, 5.74) is -0.537. The van der Waals surface area contributed by atoms with Crippen LogP contribution in [0.4, 0.5) is 4.79 Å². The molecule has 0 spiro atoms. The number of alkyl carbamates (subject to hydrolysis) is 1. The lowest BCUT2D eigenvalue weighted by Gasteiger charge is -2.22. The fourth-order valence-electron chi connectivity index (χ4n) is 0.984. The van der Waals surface area contributed by atoms with Crippen LogP contribution in [0.5, 0.6) is 0 Å². The van der Waals surface area contributed by atoms with Crippen LogP contribution in [0.3, 0.4) is 0 Å². The minimum atomic E-state index is -0.537. The van der Waals surface area contributed by atoms with E-state index in [-0.39, 0.29) is 18.7 Å². The molecule has 6 heteroatoms. The predicted octanol–water partition coefficient (Wildman–Crippen LogP) is 1.01. The van der Waals surface area contributed by atoms with Crippen LogP contribution in [-0.2, 0) is 14.3 Å². The molecule has 0 aliphatic carbocycles. The summed E-state index contributed by atoms with van der Waals surface area (Å²) in [6.07, 6.45) is -0.893. The molecule has 0 saturated carbocycles. The van der Waals surface area contributed by atoms with Gasteiger partial charge in [0.05, 0.1) is 19.3 Å². The molecule has 0 radical (unpaired) electrons. The minimum absolute atomic E-state index is 0.0464. The van der Waals surface area contributed by atoms with E-state index in [2.05, 4.69) is 10.6 Å². The molecule has 1 unspecified atom stereocenters. The van der Waals surface area contributed by atoms with Crippen LogP contribution in [0, 0.1) is 0 Å². The first-order valence-corrected chi connectivity index (χ1v) is 5.63. The highest BCUT2D eigenvalue weighted by Crippen LogP contribution is 2.06. The van der Waals surface area contributed by atoms with Crippen molar-refractivity contribution in [1.82, 2.24) is 10.6 Å². The molecular weight excluding hydrogens is 224 g/mol. The van der Waals surface area contributed by atoms with Crippen molar-refractivity contribution in [3.05, 3.63) is 0 Å². The summed E-state index contributed by atoms with van der Waals surface area (Å²) in [6, 6.07) is 0. The molecule has 0 aromatic heterocycles. The molecule has 0 aliphatic rings. The molecule has 17 heavy (non-hydrogen) atoms.